The topological polar surface area (TPSA) is 76.6 Å². The standard InChI is InChI=1S/C24H24N2O4S/c1-18-7-4-10-21(25-18)11-6-16-30-24(27)20-9-5-12-22(17-20)31(28,29)26-15-14-19-8-2-3-13-23(19)26/h2-5,7-10,12-13,17H,6,11,14-16H2,1H3. The van der Waals surface area contributed by atoms with Gasteiger partial charge in [0.25, 0.3) is 10.0 Å². The van der Waals surface area contributed by atoms with E-state index >= 15 is 0 Å². The molecule has 0 radical (unpaired) electrons. The third-order valence-electron chi connectivity index (χ3n) is 5.26. The molecular formula is C24H24N2O4S. The van der Waals surface area contributed by atoms with Gasteiger partial charge < -0.3 is 4.74 Å². The maximum Gasteiger partial charge on any atom is 0.338 e. The first-order valence-corrected chi connectivity index (χ1v) is 11.7. The first-order chi connectivity index (χ1) is 14.9. The molecule has 3 aromatic rings. The first kappa shape index (κ1) is 21.1. The number of esters is 1. The second-order valence-corrected chi connectivity index (χ2v) is 9.36. The van der Waals surface area contributed by atoms with Crippen molar-refractivity contribution < 1.29 is 17.9 Å². The number of hydrogen-bond donors (Lipinski definition) is 0. The van der Waals surface area contributed by atoms with Crippen molar-refractivity contribution in [2.45, 2.75) is 31.1 Å². The molecule has 0 saturated heterocycles. The lowest BCUT2D eigenvalue weighted by Crippen LogP contribution is -2.29. The summed E-state index contributed by atoms with van der Waals surface area (Å²) in [7, 11) is -3.76. The smallest absolute Gasteiger partial charge is 0.338 e. The Hall–Kier alpha value is -3.19. The Kier molecular flexibility index (Phi) is 6.04. The number of fused-ring (bicyclic) bond motifs is 1. The van der Waals surface area contributed by atoms with Crippen LogP contribution in [0.25, 0.3) is 0 Å². The van der Waals surface area contributed by atoms with Crippen molar-refractivity contribution in [3.05, 3.63) is 89.2 Å². The van der Waals surface area contributed by atoms with E-state index in [1.807, 2.05) is 43.3 Å². The van der Waals surface area contributed by atoms with Crippen LogP contribution in [0, 0.1) is 6.92 Å². The summed E-state index contributed by atoms with van der Waals surface area (Å²) in [6, 6.07) is 19.3. The minimum absolute atomic E-state index is 0.0858. The Balaban J connectivity index is 1.41. The van der Waals surface area contributed by atoms with Gasteiger partial charge in [-0.2, -0.15) is 0 Å². The average molecular weight is 437 g/mol. The van der Waals surface area contributed by atoms with Gasteiger partial charge in [0, 0.05) is 17.9 Å². The van der Waals surface area contributed by atoms with Crippen LogP contribution in [-0.4, -0.2) is 32.5 Å². The summed E-state index contributed by atoms with van der Waals surface area (Å²) in [5.41, 5.74) is 3.83. The van der Waals surface area contributed by atoms with Crippen molar-refractivity contribution in [2.75, 3.05) is 17.5 Å². The predicted molar refractivity (Wildman–Crippen MR) is 119 cm³/mol. The van der Waals surface area contributed by atoms with Crippen LogP contribution in [0.4, 0.5) is 5.69 Å². The van der Waals surface area contributed by atoms with Crippen LogP contribution in [0.3, 0.4) is 0 Å². The molecule has 0 amide bonds. The maximum atomic E-state index is 13.2. The van der Waals surface area contributed by atoms with E-state index in [-0.39, 0.29) is 17.1 Å². The Labute approximate surface area is 182 Å². The second kappa shape index (κ2) is 8.89. The number of carbonyl (C=O) groups is 1. The minimum Gasteiger partial charge on any atom is -0.462 e. The number of sulfonamides is 1. The van der Waals surface area contributed by atoms with Gasteiger partial charge in [0.2, 0.25) is 0 Å². The van der Waals surface area contributed by atoms with Gasteiger partial charge in [-0.15, -0.1) is 0 Å². The number of anilines is 1. The molecule has 7 heteroatoms. The molecule has 0 spiro atoms. The van der Waals surface area contributed by atoms with E-state index in [1.54, 1.807) is 18.2 Å². The van der Waals surface area contributed by atoms with E-state index in [1.165, 1.54) is 16.4 Å². The molecule has 0 bridgehead atoms. The van der Waals surface area contributed by atoms with Gasteiger partial charge in [0.1, 0.15) is 0 Å². The molecule has 0 atom stereocenters. The molecule has 2 aromatic carbocycles. The summed E-state index contributed by atoms with van der Waals surface area (Å²) < 4.78 is 33.1. The third-order valence-corrected chi connectivity index (χ3v) is 7.07. The molecule has 1 aliphatic heterocycles. The van der Waals surface area contributed by atoms with Crippen molar-refractivity contribution in [1.29, 1.82) is 0 Å². The molecular weight excluding hydrogens is 412 g/mol. The van der Waals surface area contributed by atoms with Crippen LogP contribution >= 0.6 is 0 Å². The van der Waals surface area contributed by atoms with E-state index in [0.717, 1.165) is 17.0 Å². The molecule has 0 aliphatic carbocycles. The normalized spacial score (nSPS) is 13.1. The molecule has 160 valence electrons. The van der Waals surface area contributed by atoms with Gasteiger partial charge in [-0.3, -0.25) is 9.29 Å². The van der Waals surface area contributed by atoms with Crippen LogP contribution in [0.1, 0.15) is 33.7 Å². The SMILES string of the molecule is Cc1cccc(CCCOC(=O)c2cccc(S(=O)(=O)N3CCc4ccccc43)c2)n1. The molecule has 31 heavy (non-hydrogen) atoms. The summed E-state index contributed by atoms with van der Waals surface area (Å²) in [5.74, 6) is -0.531. The Bertz CT molecular complexity index is 1210. The van der Waals surface area contributed by atoms with Gasteiger partial charge in [-0.25, -0.2) is 13.2 Å². The number of carbonyl (C=O) groups excluding carboxylic acids is 1. The predicted octanol–water partition coefficient (Wildman–Crippen LogP) is 3.93. The fraction of sp³-hybridized carbons (Fsp3) is 0.250. The average Bonchev–Trinajstić information content (AvgIpc) is 3.22. The van der Waals surface area contributed by atoms with Crippen molar-refractivity contribution in [3.8, 4) is 0 Å². The van der Waals surface area contributed by atoms with Gasteiger partial charge in [0.05, 0.1) is 22.8 Å². The minimum atomic E-state index is -3.76. The van der Waals surface area contributed by atoms with Crippen molar-refractivity contribution in [2.24, 2.45) is 0 Å². The number of aryl methyl sites for hydroxylation is 2. The molecule has 6 nitrogen and oxygen atoms in total. The number of para-hydroxylation sites is 1. The van der Waals surface area contributed by atoms with Crippen LogP contribution in [0.5, 0.6) is 0 Å². The maximum absolute atomic E-state index is 13.2. The molecule has 0 N–H and O–H groups in total. The summed E-state index contributed by atoms with van der Waals surface area (Å²) in [6.45, 7) is 2.57. The number of benzene rings is 2. The van der Waals surface area contributed by atoms with Crippen LogP contribution < -0.4 is 4.31 Å². The lowest BCUT2D eigenvalue weighted by molar-refractivity contribution is 0.0500. The van der Waals surface area contributed by atoms with E-state index in [4.69, 9.17) is 4.74 Å². The number of hydrogen-bond acceptors (Lipinski definition) is 5. The lowest BCUT2D eigenvalue weighted by atomic mass is 10.2. The van der Waals surface area contributed by atoms with E-state index in [9.17, 15) is 13.2 Å². The third kappa shape index (κ3) is 4.61. The fourth-order valence-corrected chi connectivity index (χ4v) is 5.26. The van der Waals surface area contributed by atoms with Crippen LogP contribution in [-0.2, 0) is 27.6 Å². The quantitative estimate of drug-likeness (QED) is 0.414. The number of rotatable bonds is 7. The van der Waals surface area contributed by atoms with Gasteiger partial charge in [-0.05, 0) is 68.1 Å². The highest BCUT2D eigenvalue weighted by Gasteiger charge is 2.31. The molecule has 1 aliphatic rings. The molecule has 0 fully saturated rings. The van der Waals surface area contributed by atoms with E-state index in [2.05, 4.69) is 4.98 Å². The van der Waals surface area contributed by atoms with Crippen LogP contribution in [0.15, 0.2) is 71.6 Å². The molecule has 0 unspecified atom stereocenters. The summed E-state index contributed by atoms with van der Waals surface area (Å²) in [6.07, 6.45) is 2.02. The van der Waals surface area contributed by atoms with E-state index in [0.29, 0.717) is 31.5 Å². The highest BCUT2D eigenvalue weighted by Crippen LogP contribution is 2.32. The Morgan fingerprint density at radius 1 is 1.06 bits per heavy atom. The first-order valence-electron chi connectivity index (χ1n) is 10.3. The molecule has 1 aromatic heterocycles. The van der Waals surface area contributed by atoms with Crippen molar-refractivity contribution >= 4 is 21.7 Å². The summed E-state index contributed by atoms with van der Waals surface area (Å²) >= 11 is 0. The zero-order valence-corrected chi connectivity index (χ0v) is 18.1. The second-order valence-electron chi connectivity index (χ2n) is 7.49. The summed E-state index contributed by atoms with van der Waals surface area (Å²) in [5, 5.41) is 0. The summed E-state index contributed by atoms with van der Waals surface area (Å²) in [4.78, 5) is 17.0. The highest BCUT2D eigenvalue weighted by atomic mass is 32.2. The Morgan fingerprint density at radius 2 is 1.87 bits per heavy atom. The monoisotopic (exact) mass is 436 g/mol. The number of nitrogens with zero attached hydrogens (tertiary/aromatic N) is 2. The van der Waals surface area contributed by atoms with Crippen molar-refractivity contribution in [1.82, 2.24) is 4.98 Å². The molecule has 0 saturated carbocycles. The highest BCUT2D eigenvalue weighted by molar-refractivity contribution is 7.92. The largest absolute Gasteiger partial charge is 0.462 e. The zero-order chi connectivity index (χ0) is 21.8. The van der Waals surface area contributed by atoms with Gasteiger partial charge >= 0.3 is 5.97 Å². The van der Waals surface area contributed by atoms with E-state index < -0.39 is 16.0 Å². The van der Waals surface area contributed by atoms with Crippen molar-refractivity contribution in [3.63, 3.8) is 0 Å². The number of aromatic nitrogens is 1. The van der Waals surface area contributed by atoms with Gasteiger partial charge in [0.15, 0.2) is 0 Å². The van der Waals surface area contributed by atoms with Gasteiger partial charge in [-0.1, -0.05) is 30.3 Å². The number of pyridine rings is 1. The lowest BCUT2D eigenvalue weighted by Gasteiger charge is -2.19. The number of ether oxygens (including phenoxy) is 1. The Morgan fingerprint density at radius 3 is 2.71 bits per heavy atom. The zero-order valence-electron chi connectivity index (χ0n) is 17.3. The van der Waals surface area contributed by atoms with Crippen LogP contribution in [0.2, 0.25) is 0 Å². The fourth-order valence-electron chi connectivity index (χ4n) is 3.71. The molecule has 2 heterocycles. The molecule has 4 rings (SSSR count).